The first-order chi connectivity index (χ1) is 15.3. The molecule has 0 fully saturated rings. The van der Waals surface area contributed by atoms with Crippen LogP contribution in [0.2, 0.25) is 0 Å². The number of carbonyl (C=O) groups is 1. The van der Waals surface area contributed by atoms with E-state index in [4.69, 9.17) is 5.26 Å². The second kappa shape index (κ2) is 8.07. The number of fused-ring (bicyclic) bond motifs is 1. The summed E-state index contributed by atoms with van der Waals surface area (Å²) in [6.07, 6.45) is -4.52. The van der Waals surface area contributed by atoms with Gasteiger partial charge in [-0.25, -0.2) is 9.78 Å². The van der Waals surface area contributed by atoms with Crippen molar-refractivity contribution in [2.45, 2.75) is 12.7 Å². The minimum Gasteiger partial charge on any atom is -0.478 e. The molecular weight excluding hydrogens is 421 g/mol. The van der Waals surface area contributed by atoms with Gasteiger partial charge in [-0.15, -0.1) is 0 Å². The molecule has 1 heterocycles. The van der Waals surface area contributed by atoms with Gasteiger partial charge in [-0.1, -0.05) is 18.2 Å². The number of nitrogens with one attached hydrogen (secondary N) is 1. The average Bonchev–Trinajstić information content (AvgIpc) is 3.10. The van der Waals surface area contributed by atoms with Gasteiger partial charge in [-0.2, -0.15) is 18.4 Å². The van der Waals surface area contributed by atoms with E-state index in [-0.39, 0.29) is 23.6 Å². The molecule has 0 atom stereocenters. The summed E-state index contributed by atoms with van der Waals surface area (Å²) in [4.78, 5) is 15.8. The fourth-order valence-corrected chi connectivity index (χ4v) is 3.38. The Morgan fingerprint density at radius 3 is 2.47 bits per heavy atom. The Bertz CT molecular complexity index is 1350. The molecule has 0 unspecified atom stereocenters. The number of anilines is 2. The number of hydrogen-bond acceptors (Lipinski definition) is 4. The highest BCUT2D eigenvalue weighted by molar-refractivity contribution is 5.93. The quantitative estimate of drug-likeness (QED) is 0.436. The van der Waals surface area contributed by atoms with Gasteiger partial charge in [0.25, 0.3) is 0 Å². The van der Waals surface area contributed by atoms with E-state index in [1.165, 1.54) is 36.4 Å². The van der Waals surface area contributed by atoms with Gasteiger partial charge >= 0.3 is 12.1 Å². The molecule has 0 radical (unpaired) electrons. The summed E-state index contributed by atoms with van der Waals surface area (Å²) >= 11 is 0. The van der Waals surface area contributed by atoms with E-state index in [1.54, 1.807) is 28.8 Å². The monoisotopic (exact) mass is 436 g/mol. The van der Waals surface area contributed by atoms with Crippen molar-refractivity contribution in [3.05, 3.63) is 89.0 Å². The Hall–Kier alpha value is -4.32. The number of aromatic carboxylic acids is 1. The summed E-state index contributed by atoms with van der Waals surface area (Å²) in [6.45, 7) is -0.142. The van der Waals surface area contributed by atoms with E-state index in [9.17, 15) is 23.1 Å². The fraction of sp³-hybridized carbons (Fsp3) is 0.0870. The average molecular weight is 436 g/mol. The first-order valence-corrected chi connectivity index (χ1v) is 9.42. The second-order valence-corrected chi connectivity index (χ2v) is 7.00. The molecule has 4 aromatic rings. The first kappa shape index (κ1) is 20.9. The van der Waals surface area contributed by atoms with Crippen molar-refractivity contribution in [3.63, 3.8) is 0 Å². The van der Waals surface area contributed by atoms with Crippen LogP contribution in [0.15, 0.2) is 66.7 Å². The minimum atomic E-state index is -4.52. The van der Waals surface area contributed by atoms with Crippen molar-refractivity contribution in [2.75, 3.05) is 5.32 Å². The van der Waals surface area contributed by atoms with Crippen LogP contribution in [0.25, 0.3) is 11.0 Å². The lowest BCUT2D eigenvalue weighted by atomic mass is 10.1. The van der Waals surface area contributed by atoms with Crippen molar-refractivity contribution in [2.24, 2.45) is 0 Å². The summed E-state index contributed by atoms with van der Waals surface area (Å²) in [6, 6.07) is 18.0. The topological polar surface area (TPSA) is 90.9 Å². The maximum Gasteiger partial charge on any atom is 0.416 e. The van der Waals surface area contributed by atoms with Crippen LogP contribution in [0, 0.1) is 11.3 Å². The van der Waals surface area contributed by atoms with Gasteiger partial charge in [0.2, 0.25) is 5.95 Å². The SMILES string of the molecule is N#Cc1ccc(Nc2nc3cc(C(=O)O)ccc3n2Cc2ccccc2C(F)(F)F)cc1. The van der Waals surface area contributed by atoms with E-state index in [1.807, 2.05) is 6.07 Å². The van der Waals surface area contributed by atoms with Crippen LogP contribution in [-0.2, 0) is 12.7 Å². The summed E-state index contributed by atoms with van der Waals surface area (Å²) in [5.74, 6) is -0.894. The number of imidazole rings is 1. The predicted octanol–water partition coefficient (Wildman–Crippen LogP) is 5.42. The normalized spacial score (nSPS) is 11.3. The third-order valence-electron chi connectivity index (χ3n) is 4.92. The Balaban J connectivity index is 1.83. The van der Waals surface area contributed by atoms with Crippen LogP contribution in [0.5, 0.6) is 0 Å². The number of rotatable bonds is 5. The van der Waals surface area contributed by atoms with Crippen LogP contribution >= 0.6 is 0 Å². The Morgan fingerprint density at radius 2 is 1.81 bits per heavy atom. The molecule has 4 rings (SSSR count). The molecule has 0 saturated carbocycles. The Morgan fingerprint density at radius 1 is 1.09 bits per heavy atom. The van der Waals surface area contributed by atoms with Gasteiger partial charge in [0.05, 0.1) is 40.3 Å². The van der Waals surface area contributed by atoms with Crippen LogP contribution in [0.4, 0.5) is 24.8 Å². The van der Waals surface area contributed by atoms with Crippen LogP contribution in [0.3, 0.4) is 0 Å². The summed E-state index contributed by atoms with van der Waals surface area (Å²) in [5.41, 5.74) is 1.13. The van der Waals surface area contributed by atoms with Gasteiger partial charge in [0, 0.05) is 5.69 Å². The number of carboxylic acid groups (broad SMARTS) is 1. The lowest BCUT2D eigenvalue weighted by molar-refractivity contribution is -0.138. The molecule has 0 bridgehead atoms. The van der Waals surface area contributed by atoms with Gasteiger partial charge in [0.15, 0.2) is 0 Å². The van der Waals surface area contributed by atoms with Gasteiger partial charge in [0.1, 0.15) is 0 Å². The molecular formula is C23H15F3N4O2. The van der Waals surface area contributed by atoms with E-state index in [2.05, 4.69) is 10.3 Å². The molecule has 0 spiro atoms. The number of carboxylic acids is 1. The van der Waals surface area contributed by atoms with E-state index < -0.39 is 17.7 Å². The van der Waals surface area contributed by atoms with Gasteiger partial charge < -0.3 is 15.0 Å². The molecule has 160 valence electrons. The highest BCUT2D eigenvalue weighted by atomic mass is 19.4. The number of halogens is 3. The summed E-state index contributed by atoms with van der Waals surface area (Å²) in [7, 11) is 0. The molecule has 2 N–H and O–H groups in total. The molecule has 0 aliphatic heterocycles. The molecule has 0 amide bonds. The maximum absolute atomic E-state index is 13.5. The number of alkyl halides is 3. The zero-order chi connectivity index (χ0) is 22.9. The molecule has 32 heavy (non-hydrogen) atoms. The highest BCUT2D eigenvalue weighted by Crippen LogP contribution is 2.33. The lowest BCUT2D eigenvalue weighted by Gasteiger charge is -2.16. The second-order valence-electron chi connectivity index (χ2n) is 7.00. The zero-order valence-corrected chi connectivity index (χ0v) is 16.4. The summed E-state index contributed by atoms with van der Waals surface area (Å²) in [5, 5.41) is 21.3. The van der Waals surface area contributed by atoms with Crippen molar-refractivity contribution >= 4 is 28.6 Å². The lowest BCUT2D eigenvalue weighted by Crippen LogP contribution is -2.12. The standard InChI is InChI=1S/C23H15F3N4O2/c24-23(25,26)18-4-2-1-3-16(18)13-30-20-10-7-15(21(31)32)11-19(20)29-22(30)28-17-8-5-14(12-27)6-9-17/h1-11H,13H2,(H,28,29)(H,31,32). The van der Waals surface area contributed by atoms with Gasteiger partial charge in [-0.05, 0) is 54.1 Å². The highest BCUT2D eigenvalue weighted by Gasteiger charge is 2.33. The molecule has 9 heteroatoms. The van der Waals surface area contributed by atoms with Crippen molar-refractivity contribution in [1.29, 1.82) is 5.26 Å². The van der Waals surface area contributed by atoms with Crippen LogP contribution in [0.1, 0.15) is 27.0 Å². The third-order valence-corrected chi connectivity index (χ3v) is 4.92. The fourth-order valence-electron chi connectivity index (χ4n) is 3.38. The van der Waals surface area contributed by atoms with Crippen molar-refractivity contribution in [3.8, 4) is 6.07 Å². The largest absolute Gasteiger partial charge is 0.478 e. The number of nitrogens with zero attached hydrogens (tertiary/aromatic N) is 3. The van der Waals surface area contributed by atoms with E-state index in [0.29, 0.717) is 22.3 Å². The Labute approximate surface area is 180 Å². The molecule has 0 aliphatic carbocycles. The molecule has 1 aromatic heterocycles. The van der Waals surface area contributed by atoms with E-state index in [0.717, 1.165) is 6.07 Å². The predicted molar refractivity (Wildman–Crippen MR) is 112 cm³/mol. The number of benzene rings is 3. The first-order valence-electron chi connectivity index (χ1n) is 9.42. The summed E-state index contributed by atoms with van der Waals surface area (Å²) < 4.78 is 42.1. The Kier molecular flexibility index (Phi) is 5.28. The smallest absolute Gasteiger partial charge is 0.416 e. The maximum atomic E-state index is 13.5. The van der Waals surface area contributed by atoms with Crippen molar-refractivity contribution < 1.29 is 23.1 Å². The molecule has 0 aliphatic rings. The number of hydrogen-bond donors (Lipinski definition) is 2. The molecule has 6 nitrogen and oxygen atoms in total. The van der Waals surface area contributed by atoms with E-state index >= 15 is 0 Å². The number of aromatic nitrogens is 2. The zero-order valence-electron chi connectivity index (χ0n) is 16.4. The third kappa shape index (κ3) is 4.11. The van der Waals surface area contributed by atoms with Gasteiger partial charge in [-0.3, -0.25) is 0 Å². The number of nitriles is 1. The van der Waals surface area contributed by atoms with Crippen LogP contribution < -0.4 is 5.32 Å². The molecule has 0 saturated heterocycles. The minimum absolute atomic E-state index is 0.0164. The molecule has 3 aromatic carbocycles. The van der Waals surface area contributed by atoms with Crippen molar-refractivity contribution in [1.82, 2.24) is 9.55 Å². The van der Waals surface area contributed by atoms with Crippen LogP contribution in [-0.4, -0.2) is 20.6 Å².